The Morgan fingerprint density at radius 1 is 1.35 bits per heavy atom. The van der Waals surface area contributed by atoms with Crippen molar-refractivity contribution in [1.29, 1.82) is 0 Å². The van der Waals surface area contributed by atoms with E-state index in [1.165, 1.54) is 4.88 Å². The van der Waals surface area contributed by atoms with Crippen LogP contribution in [-0.2, 0) is 17.8 Å². The van der Waals surface area contributed by atoms with Crippen molar-refractivity contribution in [2.75, 3.05) is 6.54 Å². The van der Waals surface area contributed by atoms with Gasteiger partial charge in [-0.15, -0.1) is 11.3 Å². The van der Waals surface area contributed by atoms with Crippen molar-refractivity contribution in [2.45, 2.75) is 19.0 Å². The van der Waals surface area contributed by atoms with Gasteiger partial charge in [0.25, 0.3) is 0 Å². The molecule has 1 aromatic heterocycles. The molecule has 0 bridgehead atoms. The van der Waals surface area contributed by atoms with Crippen molar-refractivity contribution in [2.24, 2.45) is 0 Å². The number of hydrogen-bond donors (Lipinski definition) is 1. The van der Waals surface area contributed by atoms with Crippen LogP contribution in [0.2, 0.25) is 0 Å². The van der Waals surface area contributed by atoms with E-state index in [0.717, 1.165) is 28.6 Å². The first-order valence-electron chi connectivity index (χ1n) is 6.43. The number of thiophene rings is 1. The molecule has 1 N–H and O–H groups in total. The van der Waals surface area contributed by atoms with Crippen molar-refractivity contribution in [3.8, 4) is 0 Å². The largest absolute Gasteiger partial charge is 0.480 e. The number of aliphatic carboxylic acids is 1. The zero-order valence-corrected chi connectivity index (χ0v) is 13.2. The van der Waals surface area contributed by atoms with Crippen LogP contribution in [0.25, 0.3) is 0 Å². The molecule has 5 heteroatoms. The summed E-state index contributed by atoms with van der Waals surface area (Å²) in [5.41, 5.74) is 2.10. The predicted octanol–water partition coefficient (Wildman–Crippen LogP) is 3.69. The monoisotopic (exact) mass is 351 g/mol. The van der Waals surface area contributed by atoms with Gasteiger partial charge in [0.15, 0.2) is 0 Å². The van der Waals surface area contributed by atoms with Gasteiger partial charge >= 0.3 is 5.97 Å². The molecule has 20 heavy (non-hydrogen) atoms. The lowest BCUT2D eigenvalue weighted by Crippen LogP contribution is -2.38. The van der Waals surface area contributed by atoms with Crippen LogP contribution in [0.3, 0.4) is 0 Å². The number of nitrogens with zero attached hydrogens (tertiary/aromatic N) is 1. The normalized spacial score (nSPS) is 18.8. The Morgan fingerprint density at radius 2 is 2.10 bits per heavy atom. The van der Waals surface area contributed by atoms with E-state index in [9.17, 15) is 9.90 Å². The minimum atomic E-state index is -0.763. The molecule has 2 heterocycles. The molecule has 0 amide bonds. The standard InChI is InChI=1S/C15H14BrNO2S/c16-11-3-1-10(2-4-11)9-17-7-5-13-12(6-8-20-13)14(17)15(18)19/h1-4,6,8,14H,5,7,9H2,(H,18,19). The molecule has 0 saturated heterocycles. The third kappa shape index (κ3) is 2.66. The van der Waals surface area contributed by atoms with E-state index in [2.05, 4.69) is 15.9 Å². The van der Waals surface area contributed by atoms with Crippen molar-refractivity contribution in [3.05, 3.63) is 56.2 Å². The maximum Gasteiger partial charge on any atom is 0.325 e. The zero-order valence-electron chi connectivity index (χ0n) is 10.8. The molecule has 1 aromatic carbocycles. The van der Waals surface area contributed by atoms with E-state index in [1.54, 1.807) is 11.3 Å². The van der Waals surface area contributed by atoms with Gasteiger partial charge in [0.2, 0.25) is 0 Å². The fourth-order valence-corrected chi connectivity index (χ4v) is 3.82. The van der Waals surface area contributed by atoms with Crippen LogP contribution in [0, 0.1) is 0 Å². The van der Waals surface area contributed by atoms with Crippen LogP contribution in [0.5, 0.6) is 0 Å². The number of carboxylic acid groups (broad SMARTS) is 1. The Morgan fingerprint density at radius 3 is 2.80 bits per heavy atom. The van der Waals surface area contributed by atoms with Gasteiger partial charge in [0, 0.05) is 22.4 Å². The second-order valence-corrected chi connectivity index (χ2v) is 6.80. The molecule has 0 saturated carbocycles. The third-order valence-corrected chi connectivity index (χ3v) is 5.12. The molecule has 1 aliphatic rings. The van der Waals surface area contributed by atoms with Crippen LogP contribution in [0.4, 0.5) is 0 Å². The molecular weight excluding hydrogens is 338 g/mol. The fraction of sp³-hybridized carbons (Fsp3) is 0.267. The zero-order chi connectivity index (χ0) is 14.1. The summed E-state index contributed by atoms with van der Waals surface area (Å²) in [6.45, 7) is 1.46. The van der Waals surface area contributed by atoms with Crippen LogP contribution >= 0.6 is 27.3 Å². The number of carboxylic acids is 1. The van der Waals surface area contributed by atoms with E-state index in [-0.39, 0.29) is 0 Å². The van der Waals surface area contributed by atoms with Crippen LogP contribution in [0.15, 0.2) is 40.2 Å². The first-order chi connectivity index (χ1) is 9.65. The van der Waals surface area contributed by atoms with Crippen molar-refractivity contribution < 1.29 is 9.90 Å². The Kier molecular flexibility index (Phi) is 3.92. The summed E-state index contributed by atoms with van der Waals surface area (Å²) in [7, 11) is 0. The van der Waals surface area contributed by atoms with Gasteiger partial charge in [-0.1, -0.05) is 28.1 Å². The van der Waals surface area contributed by atoms with Gasteiger partial charge in [-0.3, -0.25) is 9.69 Å². The summed E-state index contributed by atoms with van der Waals surface area (Å²) < 4.78 is 1.04. The first-order valence-corrected chi connectivity index (χ1v) is 8.10. The van der Waals surface area contributed by atoms with E-state index in [0.29, 0.717) is 6.54 Å². The molecular formula is C15H14BrNO2S. The highest BCUT2D eigenvalue weighted by Crippen LogP contribution is 2.34. The minimum absolute atomic E-state index is 0.520. The van der Waals surface area contributed by atoms with Crippen molar-refractivity contribution in [3.63, 3.8) is 0 Å². The number of halogens is 1. The summed E-state index contributed by atoms with van der Waals surface area (Å²) in [6.07, 6.45) is 0.938. The molecule has 0 spiro atoms. The van der Waals surface area contributed by atoms with Gasteiger partial charge in [0.05, 0.1) is 0 Å². The molecule has 1 aliphatic heterocycles. The second-order valence-electron chi connectivity index (χ2n) is 4.89. The average molecular weight is 352 g/mol. The minimum Gasteiger partial charge on any atom is -0.480 e. The third-order valence-electron chi connectivity index (χ3n) is 3.60. The summed E-state index contributed by atoms with van der Waals surface area (Å²) in [5, 5.41) is 11.5. The lowest BCUT2D eigenvalue weighted by atomic mass is 9.99. The topological polar surface area (TPSA) is 40.5 Å². The first kappa shape index (κ1) is 13.8. The Balaban J connectivity index is 1.86. The molecule has 104 valence electrons. The van der Waals surface area contributed by atoms with E-state index >= 15 is 0 Å². The fourth-order valence-electron chi connectivity index (χ4n) is 2.65. The van der Waals surface area contributed by atoms with Crippen LogP contribution in [-0.4, -0.2) is 22.5 Å². The summed E-state index contributed by atoms with van der Waals surface area (Å²) in [5.74, 6) is -0.763. The van der Waals surface area contributed by atoms with Crippen LogP contribution < -0.4 is 0 Å². The molecule has 2 aromatic rings. The maximum atomic E-state index is 11.6. The van der Waals surface area contributed by atoms with E-state index in [4.69, 9.17) is 0 Å². The van der Waals surface area contributed by atoms with Gasteiger partial charge in [0.1, 0.15) is 6.04 Å². The lowest BCUT2D eigenvalue weighted by molar-refractivity contribution is -0.144. The number of carbonyl (C=O) groups is 1. The van der Waals surface area contributed by atoms with Gasteiger partial charge in [-0.2, -0.15) is 0 Å². The van der Waals surface area contributed by atoms with E-state index in [1.807, 2.05) is 40.6 Å². The lowest BCUT2D eigenvalue weighted by Gasteiger charge is -2.33. The highest BCUT2D eigenvalue weighted by atomic mass is 79.9. The smallest absolute Gasteiger partial charge is 0.325 e. The van der Waals surface area contributed by atoms with Gasteiger partial charge in [-0.05, 0) is 41.1 Å². The number of rotatable bonds is 3. The molecule has 3 rings (SSSR count). The van der Waals surface area contributed by atoms with Crippen molar-refractivity contribution >= 4 is 33.2 Å². The van der Waals surface area contributed by atoms with E-state index < -0.39 is 12.0 Å². The molecule has 1 unspecified atom stereocenters. The Bertz CT molecular complexity index is 623. The van der Waals surface area contributed by atoms with Gasteiger partial charge in [-0.25, -0.2) is 0 Å². The van der Waals surface area contributed by atoms with Gasteiger partial charge < -0.3 is 5.11 Å². The molecule has 1 atom stereocenters. The average Bonchev–Trinajstić information content (AvgIpc) is 2.89. The summed E-state index contributed by atoms with van der Waals surface area (Å²) >= 11 is 5.08. The summed E-state index contributed by atoms with van der Waals surface area (Å²) in [6, 6.07) is 9.48. The summed E-state index contributed by atoms with van der Waals surface area (Å²) in [4.78, 5) is 14.9. The molecule has 0 fully saturated rings. The highest BCUT2D eigenvalue weighted by molar-refractivity contribution is 9.10. The molecule has 0 radical (unpaired) electrons. The quantitative estimate of drug-likeness (QED) is 0.916. The van der Waals surface area contributed by atoms with Crippen molar-refractivity contribution in [1.82, 2.24) is 4.90 Å². The molecule has 3 nitrogen and oxygen atoms in total. The Hall–Kier alpha value is -1.17. The van der Waals surface area contributed by atoms with Crippen LogP contribution in [0.1, 0.15) is 22.0 Å². The number of hydrogen-bond acceptors (Lipinski definition) is 3. The molecule has 0 aliphatic carbocycles. The number of fused-ring (bicyclic) bond motifs is 1. The highest BCUT2D eigenvalue weighted by Gasteiger charge is 2.33. The predicted molar refractivity (Wildman–Crippen MR) is 83.0 cm³/mol. The maximum absolute atomic E-state index is 11.6. The second kappa shape index (κ2) is 5.68. The Labute approximate surface area is 130 Å². The number of benzene rings is 1. The SMILES string of the molecule is O=C(O)C1c2ccsc2CCN1Cc1ccc(Br)cc1.